The van der Waals surface area contributed by atoms with Gasteiger partial charge in [-0.3, -0.25) is 4.79 Å². The average Bonchev–Trinajstić information content (AvgIpc) is 3.29. The topological polar surface area (TPSA) is 47.9 Å². The minimum absolute atomic E-state index is 0.104. The van der Waals surface area contributed by atoms with Crippen LogP contribution in [0.3, 0.4) is 0 Å². The number of amides is 1. The van der Waals surface area contributed by atoms with Crippen molar-refractivity contribution in [3.63, 3.8) is 0 Å². The standard InChI is InChI=1S/C27H30Cl2N4OS/c1-5-32(21-14-30-15-21)25(34)23-22(16(2)3)33-24(17-6-10-19(28)11-7-17)27(4,31-26(33)35-23)18-8-12-20(29)13-9-18/h6-13,16,21,24,30H,5,14-15H2,1-4H3/t24-,27+/m1/s1. The Morgan fingerprint density at radius 3 is 2.26 bits per heavy atom. The van der Waals surface area contributed by atoms with Crippen LogP contribution >= 0.6 is 35.0 Å². The van der Waals surface area contributed by atoms with Crippen molar-refractivity contribution in [1.82, 2.24) is 15.1 Å². The number of hydrogen-bond acceptors (Lipinski definition) is 5. The second-order valence-electron chi connectivity index (χ2n) is 9.75. The third-order valence-electron chi connectivity index (χ3n) is 7.17. The van der Waals surface area contributed by atoms with Crippen LogP contribution in [-0.2, 0) is 10.3 Å². The van der Waals surface area contributed by atoms with Gasteiger partial charge in [0.2, 0.25) is 0 Å². The lowest BCUT2D eigenvalue weighted by molar-refractivity contribution is -0.129. The second-order valence-corrected chi connectivity index (χ2v) is 11.6. The third-order valence-corrected chi connectivity index (χ3v) is 8.73. The number of halogens is 2. The molecule has 3 aliphatic heterocycles. The molecule has 35 heavy (non-hydrogen) atoms. The molecule has 0 saturated carbocycles. The minimum atomic E-state index is -0.558. The molecule has 5 rings (SSSR count). The van der Waals surface area contributed by atoms with Crippen LogP contribution in [0, 0.1) is 5.92 Å². The number of nitrogens with zero attached hydrogens (tertiary/aromatic N) is 3. The summed E-state index contributed by atoms with van der Waals surface area (Å²) in [5, 5.41) is 5.55. The minimum Gasteiger partial charge on any atom is -0.333 e. The fourth-order valence-electron chi connectivity index (χ4n) is 5.26. The lowest BCUT2D eigenvalue weighted by Gasteiger charge is -2.39. The van der Waals surface area contributed by atoms with E-state index < -0.39 is 5.54 Å². The molecule has 184 valence electrons. The molecule has 3 heterocycles. The SMILES string of the molecule is CCN(C(=O)C1=C(C(C)C)N2C(=N[C@@](C)(c3ccc(Cl)cc3)[C@H]2c2ccc(Cl)cc2)S1)C1CNC1. The fourth-order valence-corrected chi connectivity index (χ4v) is 6.87. The highest BCUT2D eigenvalue weighted by atomic mass is 35.5. The Bertz CT molecular complexity index is 1190. The van der Waals surface area contributed by atoms with Crippen molar-refractivity contribution in [3.8, 4) is 0 Å². The van der Waals surface area contributed by atoms with Crippen molar-refractivity contribution in [2.75, 3.05) is 19.6 Å². The molecule has 8 heteroatoms. The molecule has 0 aromatic heterocycles. The highest BCUT2D eigenvalue weighted by molar-refractivity contribution is 8.18. The molecular weight excluding hydrogens is 499 g/mol. The Hall–Kier alpha value is -1.99. The molecule has 3 aliphatic rings. The first-order valence-electron chi connectivity index (χ1n) is 12.1. The molecule has 2 aromatic rings. The number of aliphatic imine (C=N–C) groups is 1. The summed E-state index contributed by atoms with van der Waals surface area (Å²) in [5.74, 6) is 0.252. The zero-order chi connectivity index (χ0) is 24.9. The summed E-state index contributed by atoms with van der Waals surface area (Å²) in [5.41, 5.74) is 2.67. The van der Waals surface area contributed by atoms with Crippen LogP contribution in [0.2, 0.25) is 10.0 Å². The van der Waals surface area contributed by atoms with Gasteiger partial charge in [0.1, 0.15) is 10.4 Å². The molecule has 1 amide bonds. The first-order chi connectivity index (χ1) is 16.7. The summed E-state index contributed by atoms with van der Waals surface area (Å²) >= 11 is 14.0. The highest BCUT2D eigenvalue weighted by Crippen LogP contribution is 2.56. The maximum atomic E-state index is 13.8. The van der Waals surface area contributed by atoms with E-state index >= 15 is 0 Å². The van der Waals surface area contributed by atoms with Crippen molar-refractivity contribution >= 4 is 46.0 Å². The van der Waals surface area contributed by atoms with Crippen molar-refractivity contribution in [1.29, 1.82) is 0 Å². The van der Waals surface area contributed by atoms with Crippen molar-refractivity contribution in [2.24, 2.45) is 10.9 Å². The monoisotopic (exact) mass is 528 g/mol. The van der Waals surface area contributed by atoms with E-state index in [4.69, 9.17) is 28.2 Å². The van der Waals surface area contributed by atoms with Crippen molar-refractivity contribution in [3.05, 3.63) is 80.3 Å². The molecule has 0 bridgehead atoms. The summed E-state index contributed by atoms with van der Waals surface area (Å²) in [7, 11) is 0. The van der Waals surface area contributed by atoms with Crippen LogP contribution in [0.15, 0.2) is 64.1 Å². The summed E-state index contributed by atoms with van der Waals surface area (Å²) in [6.07, 6.45) is 0. The lowest BCUT2D eigenvalue weighted by atomic mass is 9.81. The van der Waals surface area contributed by atoms with Crippen LogP contribution in [-0.4, -0.2) is 46.6 Å². The number of fused-ring (bicyclic) bond motifs is 1. The first-order valence-corrected chi connectivity index (χ1v) is 13.7. The number of allylic oxidation sites excluding steroid dienone is 1. The second kappa shape index (κ2) is 9.47. The number of likely N-dealkylation sites (N-methyl/N-ethyl adjacent to an activating group) is 1. The van der Waals surface area contributed by atoms with E-state index in [-0.39, 0.29) is 23.9 Å². The number of thioether (sulfide) groups is 1. The van der Waals surface area contributed by atoms with Gasteiger partial charge in [-0.15, -0.1) is 0 Å². The van der Waals surface area contributed by atoms with Crippen LogP contribution in [0.4, 0.5) is 0 Å². The van der Waals surface area contributed by atoms with Gasteiger partial charge in [-0.05, 0) is 66.9 Å². The zero-order valence-corrected chi connectivity index (χ0v) is 22.7. The number of amidine groups is 1. The van der Waals surface area contributed by atoms with Crippen LogP contribution in [0.25, 0.3) is 0 Å². The summed E-state index contributed by atoms with van der Waals surface area (Å²) in [4.78, 5) is 24.2. The van der Waals surface area contributed by atoms with Crippen molar-refractivity contribution < 1.29 is 4.79 Å². The van der Waals surface area contributed by atoms with Gasteiger partial charge in [0.05, 0.1) is 12.1 Å². The summed E-state index contributed by atoms with van der Waals surface area (Å²) in [6.45, 7) is 10.9. The smallest absolute Gasteiger partial charge is 0.262 e. The van der Waals surface area contributed by atoms with Gasteiger partial charge in [0, 0.05) is 35.4 Å². The Morgan fingerprint density at radius 1 is 1.14 bits per heavy atom. The summed E-state index contributed by atoms with van der Waals surface area (Å²) in [6, 6.07) is 16.0. The molecule has 1 fully saturated rings. The van der Waals surface area contributed by atoms with Gasteiger partial charge in [0.25, 0.3) is 5.91 Å². The maximum Gasteiger partial charge on any atom is 0.262 e. The van der Waals surface area contributed by atoms with E-state index in [1.807, 2.05) is 29.2 Å². The van der Waals surface area contributed by atoms with E-state index in [0.717, 1.165) is 40.0 Å². The molecule has 0 spiro atoms. The van der Waals surface area contributed by atoms with Gasteiger partial charge in [-0.25, -0.2) is 4.99 Å². The summed E-state index contributed by atoms with van der Waals surface area (Å²) < 4.78 is 0. The lowest BCUT2D eigenvalue weighted by Crippen LogP contribution is -2.59. The largest absolute Gasteiger partial charge is 0.333 e. The molecule has 2 aromatic carbocycles. The van der Waals surface area contributed by atoms with E-state index in [0.29, 0.717) is 16.6 Å². The fraction of sp³-hybridized carbons (Fsp3) is 0.407. The number of benzene rings is 2. The number of carbonyl (C=O) groups excluding carboxylic acids is 1. The predicted octanol–water partition coefficient (Wildman–Crippen LogP) is 6.06. The average molecular weight is 530 g/mol. The molecule has 5 nitrogen and oxygen atoms in total. The normalized spacial score (nSPS) is 24.0. The number of nitrogens with one attached hydrogen (secondary N) is 1. The van der Waals surface area contributed by atoms with Gasteiger partial charge in [-0.1, -0.05) is 61.3 Å². The Kier molecular flexibility index (Phi) is 6.68. The molecule has 0 aliphatic carbocycles. The predicted molar refractivity (Wildman–Crippen MR) is 146 cm³/mol. The molecule has 1 saturated heterocycles. The molecule has 0 radical (unpaired) electrons. The highest BCUT2D eigenvalue weighted by Gasteiger charge is 2.53. The van der Waals surface area contributed by atoms with E-state index in [1.165, 1.54) is 11.8 Å². The number of rotatable bonds is 6. The van der Waals surface area contributed by atoms with Gasteiger partial charge >= 0.3 is 0 Å². The van der Waals surface area contributed by atoms with Crippen LogP contribution in [0.5, 0.6) is 0 Å². The molecular formula is C27H30Cl2N4OS. The van der Waals surface area contributed by atoms with Crippen molar-refractivity contribution in [2.45, 2.75) is 45.3 Å². The molecule has 2 atom stereocenters. The Balaban J connectivity index is 1.63. The third kappa shape index (κ3) is 4.18. The number of carbonyl (C=O) groups is 1. The van der Waals surface area contributed by atoms with Crippen LogP contribution < -0.4 is 5.32 Å². The molecule has 1 N–H and O–H groups in total. The number of hydrogen-bond donors (Lipinski definition) is 1. The quantitative estimate of drug-likeness (QED) is 0.495. The Labute approximate surface area is 221 Å². The Morgan fingerprint density at radius 2 is 1.74 bits per heavy atom. The maximum absolute atomic E-state index is 13.8. The van der Waals surface area contributed by atoms with E-state index in [2.05, 4.69) is 62.2 Å². The van der Waals surface area contributed by atoms with Gasteiger partial charge < -0.3 is 15.1 Å². The zero-order valence-electron chi connectivity index (χ0n) is 20.4. The molecule has 0 unspecified atom stereocenters. The van der Waals surface area contributed by atoms with Gasteiger partial charge in [-0.2, -0.15) is 0 Å². The van der Waals surface area contributed by atoms with E-state index in [1.54, 1.807) is 0 Å². The van der Waals surface area contributed by atoms with Gasteiger partial charge in [0.15, 0.2) is 5.17 Å². The first kappa shape index (κ1) is 24.7. The van der Waals surface area contributed by atoms with Crippen LogP contribution in [0.1, 0.15) is 44.9 Å². The van der Waals surface area contributed by atoms with E-state index in [9.17, 15) is 4.79 Å².